The molecular weight excluding hydrogens is 890 g/mol. The van der Waals surface area contributed by atoms with Crippen LogP contribution in [0.5, 0.6) is 0 Å². The number of phosphoric ester groups is 1. The number of alkyl carbamates (subject to hydrolysis) is 1. The first-order valence-corrected chi connectivity index (χ1v) is 24.1. The summed E-state index contributed by atoms with van der Waals surface area (Å²) in [5, 5.41) is 50.6. The molecular formula is C44H62FN4O16P. The smallest absolute Gasteiger partial charge is 0.447 e. The number of amides is 2. The average Bonchev–Trinajstić information content (AvgIpc) is 3.65. The number of phosphoric acid groups is 1. The second-order valence-corrected chi connectivity index (χ2v) is 20.3. The van der Waals surface area contributed by atoms with E-state index in [9.17, 15) is 53.9 Å². The summed E-state index contributed by atoms with van der Waals surface area (Å²) >= 11 is 0. The van der Waals surface area contributed by atoms with E-state index in [2.05, 4.69) is 10.6 Å². The summed E-state index contributed by atoms with van der Waals surface area (Å²) in [6, 6.07) is 0.955. The molecule has 8 N–H and O–H groups in total. The number of aromatic amines is 1. The predicted molar refractivity (Wildman–Crippen MR) is 230 cm³/mol. The minimum atomic E-state index is -5.40. The van der Waals surface area contributed by atoms with Crippen molar-refractivity contribution < 1.29 is 71.9 Å². The monoisotopic (exact) mass is 952 g/mol. The van der Waals surface area contributed by atoms with E-state index in [1.807, 2.05) is 17.1 Å². The summed E-state index contributed by atoms with van der Waals surface area (Å²) in [6.45, 7) is 2.70. The standard InChI is InChI=1S/C44H62FN4O16P/c1-25-19-30-29-12-11-26-20-27(50)13-15-41(26,2)43(29,45)32(51)21-42(30,3)44(25,58)33(52)23-63-66(59,60)65-37-31(64-38(36(37)55)49-18-14-34(53)48-39(49)56)22-62-40(57)47-17-16-46-35(54)24-61-28-9-7-5-4-6-8-10-28/h7,9,13-15,18,20,25,27-32,36-38,50-51,55,58H,4-6,8,10-12,16-17,19,21-24H2,1-3H3,(H,46,54)(H,47,57)(H,59,60)(H,48,53,56)/b9-7-/t25-,27?,28?,29+,30+,31-,32+,36?,37?,38-,41+,42+,43+,44+/m1/s1. The van der Waals surface area contributed by atoms with Crippen LogP contribution < -0.4 is 21.9 Å². The molecule has 4 fully saturated rings. The Bertz CT molecular complexity index is 2260. The molecule has 366 valence electrons. The van der Waals surface area contributed by atoms with Crippen LogP contribution in [0.15, 0.2) is 57.8 Å². The lowest BCUT2D eigenvalue weighted by molar-refractivity contribution is -0.219. The number of Topliss-reactive ketones (excluding diaryl/α,β-unsaturated/α-hetero) is 1. The quantitative estimate of drug-likeness (QED) is 0.0706. The lowest BCUT2D eigenvalue weighted by atomic mass is 9.44. The van der Waals surface area contributed by atoms with Crippen LogP contribution >= 0.6 is 7.82 Å². The summed E-state index contributed by atoms with van der Waals surface area (Å²) < 4.78 is 59.2. The normalized spacial score (nSPS) is 39.7. The number of alkyl halides is 1. The number of halogens is 1. The molecule has 1 aromatic rings. The van der Waals surface area contributed by atoms with Gasteiger partial charge in [0.25, 0.3) is 5.56 Å². The molecule has 1 saturated heterocycles. The Morgan fingerprint density at radius 2 is 1.80 bits per heavy atom. The van der Waals surface area contributed by atoms with Crippen molar-refractivity contribution in [1.29, 1.82) is 0 Å². The highest BCUT2D eigenvalue weighted by Gasteiger charge is 2.75. The second-order valence-electron chi connectivity index (χ2n) is 18.9. The Labute approximate surface area is 380 Å². The number of carbonyl (C=O) groups excluding carboxylic acids is 3. The third-order valence-electron chi connectivity index (χ3n) is 15.0. The van der Waals surface area contributed by atoms with Gasteiger partial charge in [0.05, 0.1) is 18.3 Å². The maximum Gasteiger partial charge on any atom is 0.473 e. The molecule has 2 amide bonds. The van der Waals surface area contributed by atoms with Gasteiger partial charge in [-0.05, 0) is 63.7 Å². The number of nitrogens with one attached hydrogen (secondary N) is 3. The van der Waals surface area contributed by atoms with Gasteiger partial charge >= 0.3 is 19.6 Å². The lowest BCUT2D eigenvalue weighted by Crippen LogP contribution is -2.69. The number of aliphatic hydroxyl groups is 4. The van der Waals surface area contributed by atoms with Crippen LogP contribution in [-0.2, 0) is 37.4 Å². The molecule has 5 unspecified atom stereocenters. The number of fused-ring (bicyclic) bond motifs is 5. The molecule has 20 nitrogen and oxygen atoms in total. The molecule has 2 heterocycles. The highest BCUT2D eigenvalue weighted by Crippen LogP contribution is 2.71. The van der Waals surface area contributed by atoms with Crippen LogP contribution in [0, 0.1) is 28.6 Å². The van der Waals surface area contributed by atoms with Crippen molar-refractivity contribution in [2.45, 2.75) is 133 Å². The van der Waals surface area contributed by atoms with E-state index in [0.29, 0.717) is 12.0 Å². The zero-order valence-electron chi connectivity index (χ0n) is 37.2. The summed E-state index contributed by atoms with van der Waals surface area (Å²) in [5.74, 6) is -3.66. The first kappa shape index (κ1) is 50.0. The number of ketones is 1. The van der Waals surface area contributed by atoms with Crippen molar-refractivity contribution in [3.05, 3.63) is 69.1 Å². The molecule has 15 atom stereocenters. The van der Waals surface area contributed by atoms with Gasteiger partial charge in [-0.3, -0.25) is 33.0 Å². The number of ether oxygens (including phenoxy) is 3. The van der Waals surface area contributed by atoms with Gasteiger partial charge in [0.1, 0.15) is 43.7 Å². The second kappa shape index (κ2) is 19.6. The van der Waals surface area contributed by atoms with Crippen LogP contribution in [0.2, 0.25) is 0 Å². The van der Waals surface area contributed by atoms with E-state index in [1.165, 1.54) is 6.08 Å². The van der Waals surface area contributed by atoms with E-state index in [1.54, 1.807) is 32.9 Å². The summed E-state index contributed by atoms with van der Waals surface area (Å²) in [4.78, 5) is 76.6. The molecule has 1 aromatic heterocycles. The number of rotatable bonds is 15. The Kier molecular flexibility index (Phi) is 14.9. The number of hydrogen-bond donors (Lipinski definition) is 8. The van der Waals surface area contributed by atoms with Gasteiger partial charge in [0.2, 0.25) is 5.91 Å². The molecule has 7 rings (SSSR count). The maximum atomic E-state index is 17.7. The largest absolute Gasteiger partial charge is 0.473 e. The van der Waals surface area contributed by atoms with Gasteiger partial charge < -0.3 is 50.2 Å². The molecule has 66 heavy (non-hydrogen) atoms. The lowest BCUT2D eigenvalue weighted by Gasteiger charge is -2.62. The van der Waals surface area contributed by atoms with Crippen molar-refractivity contribution in [3.8, 4) is 0 Å². The topological polar surface area (TPSA) is 294 Å². The van der Waals surface area contributed by atoms with Crippen molar-refractivity contribution >= 4 is 25.6 Å². The van der Waals surface area contributed by atoms with Gasteiger partial charge in [0.15, 0.2) is 17.7 Å². The van der Waals surface area contributed by atoms with Gasteiger partial charge in [-0.25, -0.2) is 18.5 Å². The zero-order chi connectivity index (χ0) is 47.8. The first-order chi connectivity index (χ1) is 31.1. The van der Waals surface area contributed by atoms with Crippen LogP contribution in [-0.4, -0.2) is 133 Å². The SMILES string of the molecule is C[C@@H]1C[C@H]2[C@@H]3CCC4=CC(O)C=C[C@]4(C)[C@@]3(F)[C@@H](O)C[C@]2(C)[C@@]1(O)C(=O)COP(=O)(O)OC1C(O)[C@H](n2ccc(=O)[nH]c2=O)O[C@@H]1COC(=O)NCCNC(=O)COC1/C=C\CCCCC1. The fraction of sp³-hybridized carbons (Fsp3) is 0.705. The molecule has 0 spiro atoms. The Morgan fingerprint density at radius 1 is 1.05 bits per heavy atom. The highest BCUT2D eigenvalue weighted by atomic mass is 31.2. The molecule has 0 aromatic carbocycles. The van der Waals surface area contributed by atoms with E-state index < -0.39 is 127 Å². The number of allylic oxidation sites excluding steroid dienone is 3. The van der Waals surface area contributed by atoms with Crippen molar-refractivity contribution in [1.82, 2.24) is 20.2 Å². The van der Waals surface area contributed by atoms with Gasteiger partial charge in [-0.1, -0.05) is 62.6 Å². The fourth-order valence-corrected chi connectivity index (χ4v) is 12.5. The van der Waals surface area contributed by atoms with Crippen molar-refractivity contribution in [2.24, 2.45) is 28.6 Å². The number of aliphatic hydroxyl groups excluding tert-OH is 3. The van der Waals surface area contributed by atoms with Crippen LogP contribution in [0.4, 0.5) is 9.18 Å². The number of hydrogen-bond acceptors (Lipinski definition) is 15. The maximum absolute atomic E-state index is 17.7. The summed E-state index contributed by atoms with van der Waals surface area (Å²) in [5.41, 5.74) is -8.26. The molecule has 3 saturated carbocycles. The number of carbonyl (C=O) groups is 3. The minimum Gasteiger partial charge on any atom is -0.447 e. The molecule has 0 bridgehead atoms. The number of aromatic nitrogens is 2. The van der Waals surface area contributed by atoms with Crippen molar-refractivity contribution in [3.63, 3.8) is 0 Å². The molecule has 22 heteroatoms. The fourth-order valence-electron chi connectivity index (χ4n) is 11.6. The molecule has 0 radical (unpaired) electrons. The van der Waals surface area contributed by atoms with E-state index in [0.717, 1.165) is 48.9 Å². The molecule has 6 aliphatic rings. The van der Waals surface area contributed by atoms with Crippen LogP contribution in [0.25, 0.3) is 0 Å². The van der Waals surface area contributed by atoms with Crippen LogP contribution in [0.3, 0.4) is 0 Å². The van der Waals surface area contributed by atoms with Crippen LogP contribution in [0.1, 0.15) is 84.8 Å². The Hall–Kier alpha value is -3.89. The van der Waals surface area contributed by atoms with Gasteiger partial charge in [-0.15, -0.1) is 0 Å². The first-order valence-electron chi connectivity index (χ1n) is 22.6. The number of nitrogens with zero attached hydrogens (tertiary/aromatic N) is 1. The van der Waals surface area contributed by atoms with Gasteiger partial charge in [-0.2, -0.15) is 0 Å². The zero-order valence-corrected chi connectivity index (χ0v) is 38.1. The third kappa shape index (κ3) is 9.45. The highest BCUT2D eigenvalue weighted by molar-refractivity contribution is 7.47. The number of H-pyrrole nitrogens is 1. The van der Waals surface area contributed by atoms with E-state index in [4.69, 9.17) is 23.3 Å². The van der Waals surface area contributed by atoms with Gasteiger partial charge in [0, 0.05) is 42.1 Å². The predicted octanol–water partition coefficient (Wildman–Crippen LogP) is 1.75. The molecule has 5 aliphatic carbocycles. The van der Waals surface area contributed by atoms with E-state index >= 15 is 4.39 Å². The third-order valence-corrected chi connectivity index (χ3v) is 16.0. The minimum absolute atomic E-state index is 0.00980. The van der Waals surface area contributed by atoms with E-state index in [-0.39, 0.29) is 45.1 Å². The average molecular weight is 953 g/mol. The van der Waals surface area contributed by atoms with Crippen molar-refractivity contribution in [2.75, 3.05) is 32.9 Å². The summed E-state index contributed by atoms with van der Waals surface area (Å²) in [7, 11) is -5.40. The Morgan fingerprint density at radius 3 is 2.56 bits per heavy atom. The Balaban J connectivity index is 0.976. The molecule has 1 aliphatic heterocycles. The summed E-state index contributed by atoms with van der Waals surface area (Å²) in [6.07, 6.45) is 4.40.